The molecule has 8 heteroatoms. The van der Waals surface area contributed by atoms with Crippen LogP contribution in [0.4, 0.5) is 4.79 Å². The van der Waals surface area contributed by atoms with E-state index in [-0.39, 0.29) is 12.5 Å². The highest BCUT2D eigenvalue weighted by Crippen LogP contribution is 2.27. The zero-order valence-electron chi connectivity index (χ0n) is 14.1. The number of ether oxygens (including phenoxy) is 1. The first-order chi connectivity index (χ1) is 12.1. The summed E-state index contributed by atoms with van der Waals surface area (Å²) < 4.78 is 6.90. The molecule has 0 saturated carbocycles. The Morgan fingerprint density at radius 3 is 2.76 bits per heavy atom. The Kier molecular flexibility index (Phi) is 5.18. The maximum Gasteiger partial charge on any atom is 0.407 e. The summed E-state index contributed by atoms with van der Waals surface area (Å²) in [6.45, 7) is 1.19. The molecule has 134 valence electrons. The number of amides is 1. The van der Waals surface area contributed by atoms with Crippen molar-refractivity contribution < 1.29 is 19.7 Å². The van der Waals surface area contributed by atoms with Crippen LogP contribution in [0.3, 0.4) is 0 Å². The van der Waals surface area contributed by atoms with Gasteiger partial charge in [0.2, 0.25) is 0 Å². The minimum atomic E-state index is -0.999. The van der Waals surface area contributed by atoms with Gasteiger partial charge in [0.15, 0.2) is 0 Å². The van der Waals surface area contributed by atoms with E-state index in [0.29, 0.717) is 25.2 Å². The number of aliphatic hydroxyl groups is 1. The van der Waals surface area contributed by atoms with Crippen LogP contribution in [0, 0.1) is 0 Å². The van der Waals surface area contributed by atoms with Crippen molar-refractivity contribution in [3.63, 3.8) is 0 Å². The molecule has 0 bridgehead atoms. The van der Waals surface area contributed by atoms with Gasteiger partial charge in [0.1, 0.15) is 5.75 Å². The van der Waals surface area contributed by atoms with Crippen molar-refractivity contribution in [2.75, 3.05) is 20.2 Å². The van der Waals surface area contributed by atoms with Gasteiger partial charge in [-0.3, -0.25) is 4.68 Å². The van der Waals surface area contributed by atoms with Gasteiger partial charge in [0.05, 0.1) is 25.5 Å². The molecule has 2 aromatic rings. The molecule has 2 atom stereocenters. The molecule has 2 N–H and O–H groups in total. The lowest BCUT2D eigenvalue weighted by Crippen LogP contribution is -2.45. The highest BCUT2D eigenvalue weighted by Gasteiger charge is 2.32. The molecule has 1 fully saturated rings. The highest BCUT2D eigenvalue weighted by molar-refractivity contribution is 5.65. The lowest BCUT2D eigenvalue weighted by molar-refractivity contribution is 0.0493. The highest BCUT2D eigenvalue weighted by atomic mass is 16.5. The van der Waals surface area contributed by atoms with Crippen LogP contribution in [0.25, 0.3) is 0 Å². The predicted molar refractivity (Wildman–Crippen MR) is 89.7 cm³/mol. The Bertz CT molecular complexity index is 716. The Balaban J connectivity index is 1.57. The van der Waals surface area contributed by atoms with Crippen LogP contribution in [0.5, 0.6) is 5.75 Å². The summed E-state index contributed by atoms with van der Waals surface area (Å²) in [5.74, 6) is 0.652. The van der Waals surface area contributed by atoms with Gasteiger partial charge in [-0.05, 0) is 30.5 Å². The molecule has 2 unspecified atom stereocenters. The second-order valence-electron chi connectivity index (χ2n) is 6.20. The molecule has 3 rings (SSSR count). The number of aliphatic hydroxyl groups excluding tert-OH is 1. The number of rotatable bonds is 5. The average Bonchev–Trinajstić information content (AvgIpc) is 3.09. The van der Waals surface area contributed by atoms with Gasteiger partial charge >= 0.3 is 6.09 Å². The lowest BCUT2D eigenvalue weighted by atomic mass is 9.91. The number of hydrogen-bond acceptors (Lipinski definition) is 5. The molecular formula is C17H22N4O4. The third kappa shape index (κ3) is 4.08. The summed E-state index contributed by atoms with van der Waals surface area (Å²) in [7, 11) is 1.64. The topological polar surface area (TPSA) is 101 Å². The normalized spacial score (nSPS) is 20.5. The SMILES string of the molecule is COc1ccc(CCn2cc(C3CCN(C(=O)O)CC3O)nn2)cc1. The molecule has 25 heavy (non-hydrogen) atoms. The van der Waals surface area contributed by atoms with Crippen molar-refractivity contribution in [3.05, 3.63) is 41.7 Å². The fraction of sp³-hybridized carbons (Fsp3) is 0.471. The van der Waals surface area contributed by atoms with Crippen LogP contribution in [0.15, 0.2) is 30.5 Å². The van der Waals surface area contributed by atoms with E-state index in [1.807, 2.05) is 30.5 Å². The van der Waals surface area contributed by atoms with E-state index >= 15 is 0 Å². The maximum atomic E-state index is 11.0. The van der Waals surface area contributed by atoms with Gasteiger partial charge in [-0.25, -0.2) is 4.79 Å². The van der Waals surface area contributed by atoms with Crippen molar-refractivity contribution in [2.45, 2.75) is 31.4 Å². The van der Waals surface area contributed by atoms with E-state index in [9.17, 15) is 9.90 Å². The summed E-state index contributed by atoms with van der Waals surface area (Å²) in [6.07, 6.45) is 1.45. The molecule has 0 spiro atoms. The number of benzene rings is 1. The molecule has 0 aliphatic carbocycles. The summed E-state index contributed by atoms with van der Waals surface area (Å²) >= 11 is 0. The quantitative estimate of drug-likeness (QED) is 0.848. The van der Waals surface area contributed by atoms with Crippen molar-refractivity contribution >= 4 is 6.09 Å². The van der Waals surface area contributed by atoms with Gasteiger partial charge in [-0.1, -0.05) is 17.3 Å². The minimum Gasteiger partial charge on any atom is -0.497 e. The van der Waals surface area contributed by atoms with Crippen LogP contribution in [-0.2, 0) is 13.0 Å². The molecule has 1 aromatic carbocycles. The van der Waals surface area contributed by atoms with Gasteiger partial charge in [0.25, 0.3) is 0 Å². The van der Waals surface area contributed by atoms with E-state index in [0.717, 1.165) is 12.2 Å². The molecule has 1 aliphatic rings. The number of hydrogen-bond donors (Lipinski definition) is 2. The van der Waals surface area contributed by atoms with Crippen molar-refractivity contribution in [1.29, 1.82) is 0 Å². The molecule has 1 saturated heterocycles. The lowest BCUT2D eigenvalue weighted by Gasteiger charge is -2.33. The van der Waals surface area contributed by atoms with E-state index in [4.69, 9.17) is 9.84 Å². The molecule has 2 heterocycles. The summed E-state index contributed by atoms with van der Waals surface area (Å²) in [5, 5.41) is 27.5. The van der Waals surface area contributed by atoms with Crippen LogP contribution >= 0.6 is 0 Å². The van der Waals surface area contributed by atoms with Crippen LogP contribution in [0.1, 0.15) is 23.6 Å². The zero-order valence-corrected chi connectivity index (χ0v) is 14.1. The molecule has 0 radical (unpaired) electrons. The Labute approximate surface area is 145 Å². The fourth-order valence-electron chi connectivity index (χ4n) is 3.08. The molecular weight excluding hydrogens is 324 g/mol. The van der Waals surface area contributed by atoms with E-state index < -0.39 is 12.2 Å². The monoisotopic (exact) mass is 346 g/mol. The number of β-amino-alcohol motifs (C(OH)–C–C–N with tert-alkyl or cyclic N) is 1. The number of nitrogens with zero attached hydrogens (tertiary/aromatic N) is 4. The molecule has 8 nitrogen and oxygen atoms in total. The summed E-state index contributed by atoms with van der Waals surface area (Å²) in [5.41, 5.74) is 1.89. The number of piperidine rings is 1. The van der Waals surface area contributed by atoms with Crippen molar-refractivity contribution in [2.24, 2.45) is 0 Å². The molecule has 1 amide bonds. The first-order valence-electron chi connectivity index (χ1n) is 8.25. The first kappa shape index (κ1) is 17.2. The maximum absolute atomic E-state index is 11.0. The van der Waals surface area contributed by atoms with Crippen LogP contribution in [-0.4, -0.2) is 62.5 Å². The van der Waals surface area contributed by atoms with E-state index in [1.54, 1.807) is 11.8 Å². The predicted octanol–water partition coefficient (Wildman–Crippen LogP) is 1.36. The van der Waals surface area contributed by atoms with E-state index in [2.05, 4.69) is 10.3 Å². The third-order valence-corrected chi connectivity index (χ3v) is 4.58. The smallest absolute Gasteiger partial charge is 0.407 e. The third-order valence-electron chi connectivity index (χ3n) is 4.58. The number of likely N-dealkylation sites (tertiary alicyclic amines) is 1. The van der Waals surface area contributed by atoms with E-state index in [1.165, 1.54) is 10.5 Å². The fourth-order valence-corrected chi connectivity index (χ4v) is 3.08. The van der Waals surface area contributed by atoms with Gasteiger partial charge in [-0.15, -0.1) is 5.10 Å². The Morgan fingerprint density at radius 1 is 1.36 bits per heavy atom. The number of carboxylic acid groups (broad SMARTS) is 1. The van der Waals surface area contributed by atoms with Crippen LogP contribution < -0.4 is 4.74 Å². The standard InChI is InChI=1S/C17H22N4O4/c1-25-13-4-2-12(3-5-13)6-9-21-10-15(18-19-21)14-7-8-20(17(23)24)11-16(14)22/h2-5,10,14,16,22H,6-9,11H2,1H3,(H,23,24). The molecule has 1 aliphatic heterocycles. The van der Waals surface area contributed by atoms with Crippen molar-refractivity contribution in [1.82, 2.24) is 19.9 Å². The zero-order chi connectivity index (χ0) is 17.8. The van der Waals surface area contributed by atoms with Crippen LogP contribution in [0.2, 0.25) is 0 Å². The van der Waals surface area contributed by atoms with Crippen molar-refractivity contribution in [3.8, 4) is 5.75 Å². The van der Waals surface area contributed by atoms with Gasteiger partial charge in [-0.2, -0.15) is 0 Å². The summed E-state index contributed by atoms with van der Waals surface area (Å²) in [6, 6.07) is 7.88. The minimum absolute atomic E-state index is 0.110. The number of carbonyl (C=O) groups is 1. The first-order valence-corrected chi connectivity index (χ1v) is 8.25. The van der Waals surface area contributed by atoms with Gasteiger partial charge < -0.3 is 19.8 Å². The second-order valence-corrected chi connectivity index (χ2v) is 6.20. The van der Waals surface area contributed by atoms with Gasteiger partial charge in [0, 0.05) is 25.2 Å². The summed E-state index contributed by atoms with van der Waals surface area (Å²) in [4.78, 5) is 12.2. The molecule has 1 aromatic heterocycles. The Morgan fingerprint density at radius 2 is 2.12 bits per heavy atom. The second kappa shape index (κ2) is 7.52. The Hall–Kier alpha value is -2.61. The average molecular weight is 346 g/mol. The number of aromatic nitrogens is 3. The largest absolute Gasteiger partial charge is 0.497 e. The number of aryl methyl sites for hydroxylation is 2. The number of methoxy groups -OCH3 is 1.